The Morgan fingerprint density at radius 1 is 1.26 bits per heavy atom. The molecule has 2 heterocycles. The van der Waals surface area contributed by atoms with Gasteiger partial charge in [-0.25, -0.2) is 4.98 Å². The molecule has 1 aliphatic carbocycles. The third-order valence-electron chi connectivity index (χ3n) is 5.50. The summed E-state index contributed by atoms with van der Waals surface area (Å²) in [5.74, 6) is 1.01. The van der Waals surface area contributed by atoms with E-state index in [4.69, 9.17) is 4.52 Å². The second kappa shape index (κ2) is 7.94. The lowest BCUT2D eigenvalue weighted by molar-refractivity contribution is -0.117. The van der Waals surface area contributed by atoms with Gasteiger partial charge in [0, 0.05) is 29.0 Å². The fraction of sp³-hybridized carbons (Fsp3) is 0.217. The molecule has 8 heteroatoms. The van der Waals surface area contributed by atoms with Crippen molar-refractivity contribution in [2.24, 2.45) is 0 Å². The first-order valence-corrected chi connectivity index (χ1v) is 11.7. The van der Waals surface area contributed by atoms with Gasteiger partial charge in [-0.3, -0.25) is 9.59 Å². The van der Waals surface area contributed by atoms with Gasteiger partial charge in [-0.05, 0) is 37.6 Å². The largest absolute Gasteiger partial charge is 0.361 e. The van der Waals surface area contributed by atoms with Crippen LogP contribution in [0.15, 0.2) is 51.3 Å². The van der Waals surface area contributed by atoms with E-state index in [1.54, 1.807) is 29.2 Å². The molecule has 0 radical (unpaired) electrons. The number of carbonyl (C=O) groups is 2. The van der Waals surface area contributed by atoms with Crippen molar-refractivity contribution >= 4 is 50.7 Å². The van der Waals surface area contributed by atoms with Crippen molar-refractivity contribution in [3.63, 3.8) is 0 Å². The van der Waals surface area contributed by atoms with E-state index in [0.29, 0.717) is 11.3 Å². The van der Waals surface area contributed by atoms with Gasteiger partial charge in [0.05, 0.1) is 21.8 Å². The molecule has 1 aliphatic rings. The van der Waals surface area contributed by atoms with E-state index in [0.717, 1.165) is 42.9 Å². The molecule has 156 valence electrons. The van der Waals surface area contributed by atoms with Crippen molar-refractivity contribution in [3.8, 4) is 0 Å². The molecule has 0 spiro atoms. The number of benzene rings is 2. The lowest BCUT2D eigenvalue weighted by Gasteiger charge is -2.11. The van der Waals surface area contributed by atoms with E-state index in [2.05, 4.69) is 15.5 Å². The van der Waals surface area contributed by atoms with Gasteiger partial charge in [0.25, 0.3) is 0 Å². The molecular formula is C23H19N3O3S2. The van der Waals surface area contributed by atoms with Crippen LogP contribution in [0.25, 0.3) is 10.2 Å². The van der Waals surface area contributed by atoms with E-state index in [1.165, 1.54) is 0 Å². The van der Waals surface area contributed by atoms with Gasteiger partial charge in [0.2, 0.25) is 5.91 Å². The molecule has 2 aromatic heterocycles. The summed E-state index contributed by atoms with van der Waals surface area (Å²) in [6.07, 6.45) is 0.219. The first kappa shape index (κ1) is 20.0. The molecule has 0 bridgehead atoms. The number of hydrogen-bond donors (Lipinski definition) is 1. The van der Waals surface area contributed by atoms with Crippen LogP contribution in [0.1, 0.15) is 45.3 Å². The molecule has 0 saturated heterocycles. The highest BCUT2D eigenvalue weighted by Crippen LogP contribution is 2.36. The number of rotatable bonds is 5. The van der Waals surface area contributed by atoms with Gasteiger partial charge in [-0.15, -0.1) is 11.3 Å². The van der Waals surface area contributed by atoms with Gasteiger partial charge < -0.3 is 9.84 Å². The Balaban J connectivity index is 1.31. The fourth-order valence-electron chi connectivity index (χ4n) is 3.81. The van der Waals surface area contributed by atoms with Crippen molar-refractivity contribution in [1.29, 1.82) is 0 Å². The standard InChI is InChI=1S/C23H19N3O3S2/c1-12-18(13(2)29-26-12)11-30-23-25-19-8-7-14(9-21(19)31-23)24-22(28)17-10-20(27)16-6-4-3-5-15(16)17/h3-9,17H,10-11H2,1-2H3,(H,24,28). The van der Waals surface area contributed by atoms with Crippen molar-refractivity contribution in [2.45, 2.75) is 36.3 Å². The number of fused-ring (bicyclic) bond motifs is 2. The molecule has 1 unspecified atom stereocenters. The zero-order valence-corrected chi connectivity index (χ0v) is 18.6. The van der Waals surface area contributed by atoms with E-state index in [-0.39, 0.29) is 18.1 Å². The van der Waals surface area contributed by atoms with Gasteiger partial charge in [0.15, 0.2) is 10.1 Å². The Morgan fingerprint density at radius 2 is 2.10 bits per heavy atom. The number of ketones is 1. The second-order valence-corrected chi connectivity index (χ2v) is 9.76. The Hall–Kier alpha value is -2.97. The summed E-state index contributed by atoms with van der Waals surface area (Å²) < 4.78 is 7.18. The molecule has 4 aromatic rings. The number of amides is 1. The molecule has 1 N–H and O–H groups in total. The molecular weight excluding hydrogens is 430 g/mol. The summed E-state index contributed by atoms with van der Waals surface area (Å²) in [5.41, 5.74) is 5.07. The normalized spacial score (nSPS) is 15.4. The zero-order valence-electron chi connectivity index (χ0n) is 17.0. The number of anilines is 1. The Kier molecular flexibility index (Phi) is 5.11. The molecule has 0 aliphatic heterocycles. The van der Waals surface area contributed by atoms with Crippen LogP contribution in [0.4, 0.5) is 5.69 Å². The average molecular weight is 450 g/mol. The van der Waals surface area contributed by atoms with E-state index in [9.17, 15) is 9.59 Å². The second-order valence-electron chi connectivity index (χ2n) is 7.51. The molecule has 1 amide bonds. The smallest absolute Gasteiger partial charge is 0.232 e. The minimum Gasteiger partial charge on any atom is -0.361 e. The van der Waals surface area contributed by atoms with Crippen molar-refractivity contribution in [3.05, 3.63) is 70.6 Å². The quantitative estimate of drug-likeness (QED) is 0.405. The number of nitrogens with zero attached hydrogens (tertiary/aromatic N) is 2. The third-order valence-corrected chi connectivity index (χ3v) is 7.69. The first-order chi connectivity index (χ1) is 15.0. The predicted molar refractivity (Wildman–Crippen MR) is 122 cm³/mol. The Bertz CT molecular complexity index is 1310. The van der Waals surface area contributed by atoms with Crippen LogP contribution in [-0.2, 0) is 10.5 Å². The van der Waals surface area contributed by atoms with Crippen molar-refractivity contribution in [2.75, 3.05) is 5.32 Å². The molecule has 0 saturated carbocycles. The van der Waals surface area contributed by atoms with Crippen LogP contribution in [0.2, 0.25) is 0 Å². The lowest BCUT2D eigenvalue weighted by Crippen LogP contribution is -2.19. The summed E-state index contributed by atoms with van der Waals surface area (Å²) in [6.45, 7) is 3.86. The number of thioether (sulfide) groups is 1. The summed E-state index contributed by atoms with van der Waals surface area (Å²) in [7, 11) is 0. The van der Waals surface area contributed by atoms with E-state index < -0.39 is 5.92 Å². The maximum Gasteiger partial charge on any atom is 0.232 e. The minimum absolute atomic E-state index is 0.0219. The van der Waals surface area contributed by atoms with Crippen LogP contribution >= 0.6 is 23.1 Å². The maximum atomic E-state index is 12.9. The molecule has 0 fully saturated rings. The summed E-state index contributed by atoms with van der Waals surface area (Å²) in [5, 5.41) is 6.97. The summed E-state index contributed by atoms with van der Waals surface area (Å²) in [6, 6.07) is 13.0. The Labute approximate surface area is 187 Å². The van der Waals surface area contributed by atoms with Crippen molar-refractivity contribution in [1.82, 2.24) is 10.1 Å². The third kappa shape index (κ3) is 3.77. The number of aromatic nitrogens is 2. The zero-order chi connectivity index (χ0) is 21.5. The molecule has 5 rings (SSSR count). The fourth-order valence-corrected chi connectivity index (χ4v) is 6.07. The molecule has 2 aromatic carbocycles. The first-order valence-electron chi connectivity index (χ1n) is 9.87. The van der Waals surface area contributed by atoms with Gasteiger partial charge in [-0.1, -0.05) is 41.2 Å². The number of Topliss-reactive ketones (excluding diaryl/α,β-unsaturated/α-hetero) is 1. The van der Waals surface area contributed by atoms with Crippen LogP contribution in [0.3, 0.4) is 0 Å². The highest BCUT2D eigenvalue weighted by molar-refractivity contribution is 8.00. The van der Waals surface area contributed by atoms with E-state index in [1.807, 2.05) is 50.2 Å². The average Bonchev–Trinajstić information content (AvgIpc) is 3.42. The van der Waals surface area contributed by atoms with Crippen LogP contribution < -0.4 is 5.32 Å². The van der Waals surface area contributed by atoms with Gasteiger partial charge in [-0.2, -0.15) is 0 Å². The van der Waals surface area contributed by atoms with Crippen LogP contribution in [0.5, 0.6) is 0 Å². The topological polar surface area (TPSA) is 85.1 Å². The number of aryl methyl sites for hydroxylation is 2. The predicted octanol–water partition coefficient (Wildman–Crippen LogP) is 5.50. The highest BCUT2D eigenvalue weighted by atomic mass is 32.2. The van der Waals surface area contributed by atoms with Crippen LogP contribution in [-0.4, -0.2) is 21.8 Å². The summed E-state index contributed by atoms with van der Waals surface area (Å²) in [4.78, 5) is 29.7. The molecule has 31 heavy (non-hydrogen) atoms. The van der Waals surface area contributed by atoms with Gasteiger partial charge >= 0.3 is 0 Å². The molecule has 1 atom stereocenters. The number of nitrogens with one attached hydrogen (secondary N) is 1. The number of hydrogen-bond acceptors (Lipinski definition) is 7. The van der Waals surface area contributed by atoms with Gasteiger partial charge in [0.1, 0.15) is 5.76 Å². The minimum atomic E-state index is -0.443. The SMILES string of the molecule is Cc1noc(C)c1CSc1nc2ccc(NC(=O)C3CC(=O)c4ccccc43)cc2s1. The lowest BCUT2D eigenvalue weighted by atomic mass is 10.0. The van der Waals surface area contributed by atoms with Crippen LogP contribution in [0, 0.1) is 13.8 Å². The Morgan fingerprint density at radius 3 is 2.90 bits per heavy atom. The number of thiazole rings is 1. The monoisotopic (exact) mass is 449 g/mol. The van der Waals surface area contributed by atoms with Crippen molar-refractivity contribution < 1.29 is 14.1 Å². The maximum absolute atomic E-state index is 12.9. The summed E-state index contributed by atoms with van der Waals surface area (Å²) >= 11 is 3.24. The van der Waals surface area contributed by atoms with E-state index >= 15 is 0 Å². The number of carbonyl (C=O) groups excluding carboxylic acids is 2. The highest BCUT2D eigenvalue weighted by Gasteiger charge is 2.33. The molecule has 6 nitrogen and oxygen atoms in total.